The van der Waals surface area contributed by atoms with Gasteiger partial charge in [0.15, 0.2) is 0 Å². The van der Waals surface area contributed by atoms with Crippen molar-refractivity contribution in [1.82, 2.24) is 19.4 Å². The molecule has 8 nitrogen and oxygen atoms in total. The average Bonchev–Trinajstić information content (AvgIpc) is 3.27. The predicted molar refractivity (Wildman–Crippen MR) is 132 cm³/mol. The van der Waals surface area contributed by atoms with Crippen LogP contribution in [0.4, 0.5) is 5.95 Å². The smallest absolute Gasteiger partial charge is 0.246 e. The van der Waals surface area contributed by atoms with E-state index in [1.165, 1.54) is 6.92 Å². The van der Waals surface area contributed by atoms with Gasteiger partial charge in [-0.15, -0.1) is 0 Å². The van der Waals surface area contributed by atoms with Gasteiger partial charge in [-0.1, -0.05) is 48.0 Å². The number of nitrogens with zero attached hydrogens (tertiary/aromatic N) is 4. The Hall–Kier alpha value is -3.49. The van der Waals surface area contributed by atoms with Gasteiger partial charge in [0.25, 0.3) is 0 Å². The Labute approximate surface area is 200 Å². The molecule has 1 aliphatic heterocycles. The maximum absolute atomic E-state index is 13.0. The maximum Gasteiger partial charge on any atom is 0.246 e. The number of hydrogen-bond donors (Lipinski definition) is 1. The summed E-state index contributed by atoms with van der Waals surface area (Å²) in [6.07, 6.45) is 1.91. The molecule has 1 saturated heterocycles. The number of ether oxygens (including phenoxy) is 1. The van der Waals surface area contributed by atoms with Crippen LogP contribution in [0.2, 0.25) is 0 Å². The van der Waals surface area contributed by atoms with E-state index in [0.29, 0.717) is 32.3 Å². The normalized spacial score (nSPS) is 14.1. The molecule has 0 aliphatic carbocycles. The Morgan fingerprint density at radius 1 is 1.06 bits per heavy atom. The van der Waals surface area contributed by atoms with Crippen molar-refractivity contribution in [2.75, 3.05) is 51.3 Å². The SMILES string of the molecule is CC(=O)N(CCN1CCOCC1)CC(=O)Nc1nc(-c2ccccc2)cn1-c1ccc(C)cc1. The number of carbonyl (C=O) groups excluding carboxylic acids is 2. The highest BCUT2D eigenvalue weighted by Gasteiger charge is 2.19. The van der Waals surface area contributed by atoms with E-state index in [1.54, 1.807) is 4.90 Å². The first kappa shape index (κ1) is 23.7. The van der Waals surface area contributed by atoms with E-state index in [4.69, 9.17) is 9.72 Å². The van der Waals surface area contributed by atoms with Gasteiger partial charge in [0.05, 0.1) is 25.5 Å². The minimum atomic E-state index is -0.282. The first-order chi connectivity index (χ1) is 16.5. The lowest BCUT2D eigenvalue weighted by Gasteiger charge is -2.29. The van der Waals surface area contributed by atoms with Gasteiger partial charge in [0.2, 0.25) is 17.8 Å². The zero-order chi connectivity index (χ0) is 23.9. The molecule has 34 heavy (non-hydrogen) atoms. The van der Waals surface area contributed by atoms with E-state index in [9.17, 15) is 9.59 Å². The van der Waals surface area contributed by atoms with Crippen molar-refractivity contribution in [3.63, 3.8) is 0 Å². The monoisotopic (exact) mass is 461 g/mol. The molecule has 0 bridgehead atoms. The summed E-state index contributed by atoms with van der Waals surface area (Å²) in [7, 11) is 0. The quantitative estimate of drug-likeness (QED) is 0.558. The topological polar surface area (TPSA) is 79.7 Å². The molecule has 3 aromatic rings. The molecule has 1 N–H and O–H groups in total. The third-order valence-corrected chi connectivity index (χ3v) is 5.91. The number of imidazole rings is 1. The molecular weight excluding hydrogens is 430 g/mol. The molecule has 2 amide bonds. The highest BCUT2D eigenvalue weighted by atomic mass is 16.5. The fourth-order valence-electron chi connectivity index (χ4n) is 3.89. The second-order valence-corrected chi connectivity index (χ2v) is 8.46. The zero-order valence-corrected chi connectivity index (χ0v) is 19.7. The number of hydrogen-bond acceptors (Lipinski definition) is 5. The molecule has 0 unspecified atom stereocenters. The highest BCUT2D eigenvalue weighted by molar-refractivity contribution is 5.93. The average molecular weight is 462 g/mol. The summed E-state index contributed by atoms with van der Waals surface area (Å²) in [4.78, 5) is 33.7. The van der Waals surface area contributed by atoms with Crippen molar-refractivity contribution in [2.45, 2.75) is 13.8 Å². The van der Waals surface area contributed by atoms with E-state index >= 15 is 0 Å². The molecule has 0 spiro atoms. The van der Waals surface area contributed by atoms with E-state index in [0.717, 1.165) is 35.6 Å². The Morgan fingerprint density at radius 3 is 2.44 bits per heavy atom. The van der Waals surface area contributed by atoms with Crippen molar-refractivity contribution in [2.24, 2.45) is 0 Å². The summed E-state index contributed by atoms with van der Waals surface area (Å²) in [5, 5.41) is 2.92. The van der Waals surface area contributed by atoms with Gasteiger partial charge < -0.3 is 9.64 Å². The third-order valence-electron chi connectivity index (χ3n) is 5.91. The van der Waals surface area contributed by atoms with Gasteiger partial charge in [-0.2, -0.15) is 0 Å². The fraction of sp³-hybridized carbons (Fsp3) is 0.346. The van der Waals surface area contributed by atoms with Gasteiger partial charge in [-0.05, 0) is 19.1 Å². The second-order valence-electron chi connectivity index (χ2n) is 8.46. The number of aryl methyl sites for hydroxylation is 1. The summed E-state index contributed by atoms with van der Waals surface area (Å²) in [5.41, 5.74) is 3.76. The van der Waals surface area contributed by atoms with Crippen LogP contribution >= 0.6 is 0 Å². The third kappa shape index (κ3) is 6.09. The van der Waals surface area contributed by atoms with Crippen molar-refractivity contribution >= 4 is 17.8 Å². The summed E-state index contributed by atoms with van der Waals surface area (Å²) >= 11 is 0. The molecule has 0 radical (unpaired) electrons. The van der Waals surface area contributed by atoms with Crippen LogP contribution in [0.1, 0.15) is 12.5 Å². The standard InChI is InChI=1S/C26H31N5O3/c1-20-8-10-23(11-9-20)31-18-24(22-6-4-3-5-7-22)27-26(31)28-25(33)19-30(21(2)32)13-12-29-14-16-34-17-15-29/h3-11,18H,12-17,19H2,1-2H3,(H,27,28,33). The van der Waals surface area contributed by atoms with Crippen LogP contribution in [0.3, 0.4) is 0 Å². The van der Waals surface area contributed by atoms with E-state index < -0.39 is 0 Å². The molecule has 1 aromatic heterocycles. The van der Waals surface area contributed by atoms with Gasteiger partial charge >= 0.3 is 0 Å². The molecule has 178 valence electrons. The number of amides is 2. The lowest BCUT2D eigenvalue weighted by molar-refractivity contribution is -0.133. The molecule has 1 fully saturated rings. The molecule has 2 heterocycles. The van der Waals surface area contributed by atoms with Crippen molar-refractivity contribution in [1.29, 1.82) is 0 Å². The number of nitrogens with one attached hydrogen (secondary N) is 1. The van der Waals surface area contributed by atoms with Crippen LogP contribution in [0, 0.1) is 6.92 Å². The summed E-state index contributed by atoms with van der Waals surface area (Å²) in [6.45, 7) is 7.79. The summed E-state index contributed by atoms with van der Waals surface area (Å²) < 4.78 is 7.24. The van der Waals surface area contributed by atoms with Crippen LogP contribution in [-0.2, 0) is 14.3 Å². The predicted octanol–water partition coefficient (Wildman–Crippen LogP) is 2.97. The molecule has 1 aliphatic rings. The van der Waals surface area contributed by atoms with Gasteiger partial charge in [-0.25, -0.2) is 4.98 Å². The molecule has 4 rings (SSSR count). The molecule has 0 atom stereocenters. The largest absolute Gasteiger partial charge is 0.379 e. The first-order valence-corrected chi connectivity index (χ1v) is 11.6. The molecule has 0 saturated carbocycles. The first-order valence-electron chi connectivity index (χ1n) is 11.6. The number of carbonyl (C=O) groups is 2. The summed E-state index contributed by atoms with van der Waals surface area (Å²) in [6, 6.07) is 17.9. The van der Waals surface area contributed by atoms with Crippen LogP contribution in [0.15, 0.2) is 60.8 Å². The van der Waals surface area contributed by atoms with Crippen molar-refractivity contribution in [3.05, 3.63) is 66.4 Å². The van der Waals surface area contributed by atoms with E-state index in [1.807, 2.05) is 72.3 Å². The van der Waals surface area contributed by atoms with Crippen LogP contribution in [0.5, 0.6) is 0 Å². The minimum absolute atomic E-state index is 0.0267. The van der Waals surface area contributed by atoms with Crippen molar-refractivity contribution in [3.8, 4) is 16.9 Å². The molecule has 8 heteroatoms. The number of rotatable bonds is 8. The summed E-state index contributed by atoms with van der Waals surface area (Å²) in [5.74, 6) is 0.00963. The Morgan fingerprint density at radius 2 is 1.76 bits per heavy atom. The second kappa shape index (κ2) is 11.1. The zero-order valence-electron chi connectivity index (χ0n) is 19.7. The van der Waals surface area contributed by atoms with Crippen molar-refractivity contribution < 1.29 is 14.3 Å². The number of aromatic nitrogens is 2. The minimum Gasteiger partial charge on any atom is -0.379 e. The molecule has 2 aromatic carbocycles. The Kier molecular flexibility index (Phi) is 7.72. The van der Waals surface area contributed by atoms with Crippen LogP contribution < -0.4 is 5.32 Å². The van der Waals surface area contributed by atoms with Crippen LogP contribution in [0.25, 0.3) is 16.9 Å². The van der Waals surface area contributed by atoms with E-state index in [2.05, 4.69) is 10.2 Å². The lowest BCUT2D eigenvalue weighted by atomic mass is 10.2. The van der Waals surface area contributed by atoms with Crippen LogP contribution in [-0.4, -0.2) is 77.1 Å². The number of morpholine rings is 1. The maximum atomic E-state index is 13.0. The fourth-order valence-corrected chi connectivity index (χ4v) is 3.89. The molecular formula is C26H31N5O3. The number of benzene rings is 2. The van der Waals surface area contributed by atoms with Gasteiger partial charge in [-0.3, -0.25) is 24.4 Å². The Balaban J connectivity index is 1.50. The van der Waals surface area contributed by atoms with E-state index in [-0.39, 0.29) is 18.4 Å². The number of anilines is 1. The highest BCUT2D eigenvalue weighted by Crippen LogP contribution is 2.24. The van der Waals surface area contributed by atoms with Gasteiger partial charge in [0, 0.05) is 50.6 Å². The lowest BCUT2D eigenvalue weighted by Crippen LogP contribution is -2.44. The Bertz CT molecular complexity index is 1110. The van der Waals surface area contributed by atoms with Gasteiger partial charge in [0.1, 0.15) is 0 Å².